The second kappa shape index (κ2) is 5.96. The Bertz CT molecular complexity index is 488. The van der Waals surface area contributed by atoms with Crippen LogP contribution in [0.4, 0.5) is 0 Å². The van der Waals surface area contributed by atoms with Crippen molar-refractivity contribution in [3.05, 3.63) is 34.9 Å². The maximum Gasteiger partial charge on any atom is 0.338 e. The number of piperidine rings is 1. The van der Waals surface area contributed by atoms with Gasteiger partial charge in [0.05, 0.1) is 18.7 Å². The van der Waals surface area contributed by atoms with E-state index in [1.54, 1.807) is 0 Å². The quantitative estimate of drug-likeness (QED) is 0.860. The van der Waals surface area contributed by atoms with Crippen molar-refractivity contribution in [3.8, 4) is 0 Å². The molecule has 1 aliphatic heterocycles. The second-order valence-electron chi connectivity index (χ2n) is 6.38. The number of carbonyl (C=O) groups excluding carboxylic acids is 1. The molecule has 1 saturated heterocycles. The normalized spacial score (nSPS) is 17.0. The van der Waals surface area contributed by atoms with Gasteiger partial charge in [-0.25, -0.2) is 4.79 Å². The van der Waals surface area contributed by atoms with E-state index in [0.717, 1.165) is 37.1 Å². The van der Waals surface area contributed by atoms with Gasteiger partial charge in [-0.2, -0.15) is 0 Å². The maximum absolute atomic E-state index is 12.4. The number of carbonyl (C=O) groups is 1. The number of hydrogen-bond acceptors (Lipinski definition) is 2. The van der Waals surface area contributed by atoms with Crippen molar-refractivity contribution in [1.29, 1.82) is 0 Å². The summed E-state index contributed by atoms with van der Waals surface area (Å²) >= 11 is 0. The van der Waals surface area contributed by atoms with Gasteiger partial charge >= 0.3 is 5.97 Å². The average Bonchev–Trinajstić information content (AvgIpc) is 2.42. The fraction of sp³-hybridized carbons (Fsp3) is 0.588. The van der Waals surface area contributed by atoms with Crippen molar-refractivity contribution in [2.45, 2.75) is 46.1 Å². The molecule has 1 aliphatic rings. The van der Waals surface area contributed by atoms with Crippen molar-refractivity contribution >= 4 is 5.97 Å². The van der Waals surface area contributed by atoms with Gasteiger partial charge in [0.25, 0.3) is 0 Å². The van der Waals surface area contributed by atoms with Crippen LogP contribution in [0.2, 0.25) is 0 Å². The molecule has 1 fully saturated rings. The van der Waals surface area contributed by atoms with Crippen molar-refractivity contribution < 1.29 is 14.8 Å². The van der Waals surface area contributed by atoms with Crippen LogP contribution >= 0.6 is 0 Å². The number of hydrogen-bond donors (Lipinski definition) is 1. The van der Waals surface area contributed by atoms with Gasteiger partial charge < -0.3 is 10.1 Å². The molecular weight excluding hydrogens is 250 g/mol. The fourth-order valence-corrected chi connectivity index (χ4v) is 2.97. The first kappa shape index (κ1) is 15.0. The summed E-state index contributed by atoms with van der Waals surface area (Å²) in [6.45, 7) is 10.4. The summed E-state index contributed by atoms with van der Waals surface area (Å²) in [6, 6.07) is 5.80. The minimum atomic E-state index is -0.387. The van der Waals surface area contributed by atoms with Gasteiger partial charge in [-0.1, -0.05) is 12.1 Å². The van der Waals surface area contributed by atoms with Crippen molar-refractivity contribution in [3.63, 3.8) is 0 Å². The van der Waals surface area contributed by atoms with E-state index in [0.29, 0.717) is 11.5 Å². The molecule has 0 aliphatic carbocycles. The standard InChI is InChI=1S/C17H25NO2/c1-12-6-5-7-15(13(12)2)16(19)20-17(3,4)14-8-10-18-11-9-14/h5-7,14,18H,8-11H2,1-4H3/p+1. The number of benzene rings is 1. The third-order valence-electron chi connectivity index (χ3n) is 4.60. The van der Waals surface area contributed by atoms with E-state index < -0.39 is 0 Å². The molecular formula is C17H26NO2+. The minimum Gasteiger partial charge on any atom is -0.456 e. The summed E-state index contributed by atoms with van der Waals surface area (Å²) in [5.41, 5.74) is 2.46. The van der Waals surface area contributed by atoms with Gasteiger partial charge in [-0.3, -0.25) is 0 Å². The second-order valence-corrected chi connectivity index (χ2v) is 6.38. The Morgan fingerprint density at radius 2 is 1.90 bits per heavy atom. The summed E-state index contributed by atoms with van der Waals surface area (Å²) in [6.07, 6.45) is 2.24. The van der Waals surface area contributed by atoms with Gasteiger partial charge in [0.2, 0.25) is 0 Å². The molecule has 3 heteroatoms. The summed E-state index contributed by atoms with van der Waals surface area (Å²) in [5, 5.41) is 2.33. The van der Waals surface area contributed by atoms with Crippen molar-refractivity contribution in [2.24, 2.45) is 5.92 Å². The van der Waals surface area contributed by atoms with E-state index in [9.17, 15) is 4.79 Å². The lowest BCUT2D eigenvalue weighted by molar-refractivity contribution is -0.665. The van der Waals surface area contributed by atoms with Crippen LogP contribution in [0.1, 0.15) is 48.2 Å². The molecule has 1 aromatic rings. The first-order valence-corrected chi connectivity index (χ1v) is 7.53. The highest BCUT2D eigenvalue weighted by Gasteiger charge is 2.35. The van der Waals surface area contributed by atoms with Crippen LogP contribution < -0.4 is 5.32 Å². The lowest BCUT2D eigenvalue weighted by Gasteiger charge is -2.35. The van der Waals surface area contributed by atoms with Crippen LogP contribution in [-0.2, 0) is 4.74 Å². The highest BCUT2D eigenvalue weighted by molar-refractivity contribution is 5.91. The van der Waals surface area contributed by atoms with E-state index in [1.165, 1.54) is 0 Å². The first-order valence-electron chi connectivity index (χ1n) is 7.53. The van der Waals surface area contributed by atoms with Crippen molar-refractivity contribution in [1.82, 2.24) is 0 Å². The molecule has 0 spiro atoms. The molecule has 0 radical (unpaired) electrons. The van der Waals surface area contributed by atoms with Crippen LogP contribution in [0.25, 0.3) is 0 Å². The Labute approximate surface area is 121 Å². The predicted molar refractivity (Wildman–Crippen MR) is 79.8 cm³/mol. The molecule has 2 N–H and O–H groups in total. The van der Waals surface area contributed by atoms with Gasteiger partial charge in [0.15, 0.2) is 0 Å². The fourth-order valence-electron chi connectivity index (χ4n) is 2.97. The third-order valence-corrected chi connectivity index (χ3v) is 4.60. The Morgan fingerprint density at radius 1 is 1.25 bits per heavy atom. The lowest BCUT2D eigenvalue weighted by atomic mass is 9.83. The zero-order valence-corrected chi connectivity index (χ0v) is 13.0. The minimum absolute atomic E-state index is 0.189. The van der Waals surface area contributed by atoms with E-state index in [2.05, 4.69) is 5.32 Å². The molecule has 0 atom stereocenters. The number of quaternary nitrogens is 1. The number of rotatable bonds is 3. The molecule has 110 valence electrons. The number of ether oxygens (including phenoxy) is 1. The monoisotopic (exact) mass is 276 g/mol. The maximum atomic E-state index is 12.4. The Hall–Kier alpha value is -1.35. The van der Waals surface area contributed by atoms with Crippen LogP contribution in [-0.4, -0.2) is 24.7 Å². The molecule has 0 aromatic heterocycles. The molecule has 1 heterocycles. The smallest absolute Gasteiger partial charge is 0.338 e. The van der Waals surface area contributed by atoms with Crippen LogP contribution in [0.3, 0.4) is 0 Å². The van der Waals surface area contributed by atoms with Crippen LogP contribution in [0, 0.1) is 19.8 Å². The topological polar surface area (TPSA) is 42.9 Å². The summed E-state index contributed by atoms with van der Waals surface area (Å²) in [5.74, 6) is 0.271. The first-order chi connectivity index (χ1) is 9.42. The van der Waals surface area contributed by atoms with Crippen LogP contribution in [0.5, 0.6) is 0 Å². The third kappa shape index (κ3) is 3.21. The van der Waals surface area contributed by atoms with Crippen molar-refractivity contribution in [2.75, 3.05) is 13.1 Å². The summed E-state index contributed by atoms with van der Waals surface area (Å²) in [4.78, 5) is 12.4. The number of aryl methyl sites for hydroxylation is 1. The Morgan fingerprint density at radius 3 is 2.55 bits per heavy atom. The summed E-state index contributed by atoms with van der Waals surface area (Å²) < 4.78 is 5.85. The van der Waals surface area contributed by atoms with E-state index in [1.807, 2.05) is 45.9 Å². The van der Waals surface area contributed by atoms with Gasteiger partial charge in [-0.15, -0.1) is 0 Å². The molecule has 0 bridgehead atoms. The number of nitrogens with two attached hydrogens (primary N) is 1. The highest BCUT2D eigenvalue weighted by Crippen LogP contribution is 2.29. The Kier molecular flexibility index (Phi) is 4.48. The molecule has 0 unspecified atom stereocenters. The average molecular weight is 276 g/mol. The predicted octanol–water partition coefficient (Wildman–Crippen LogP) is 2.21. The van der Waals surface area contributed by atoms with Crippen LogP contribution in [0.15, 0.2) is 18.2 Å². The molecule has 0 saturated carbocycles. The Balaban J connectivity index is 2.11. The molecule has 0 amide bonds. The SMILES string of the molecule is Cc1cccc(C(=O)OC(C)(C)C2CC[NH2+]CC2)c1C. The molecule has 2 rings (SSSR count). The van der Waals surface area contributed by atoms with E-state index in [-0.39, 0.29) is 11.6 Å². The zero-order valence-electron chi connectivity index (χ0n) is 13.0. The van der Waals surface area contributed by atoms with Gasteiger partial charge in [-0.05, 0) is 44.9 Å². The highest BCUT2D eigenvalue weighted by atomic mass is 16.6. The number of esters is 1. The van der Waals surface area contributed by atoms with E-state index >= 15 is 0 Å². The molecule has 20 heavy (non-hydrogen) atoms. The molecule has 1 aromatic carbocycles. The van der Waals surface area contributed by atoms with E-state index in [4.69, 9.17) is 4.74 Å². The largest absolute Gasteiger partial charge is 0.456 e. The molecule has 3 nitrogen and oxygen atoms in total. The van der Waals surface area contributed by atoms with Gasteiger partial charge in [0.1, 0.15) is 5.60 Å². The lowest BCUT2D eigenvalue weighted by Crippen LogP contribution is -2.86. The van der Waals surface area contributed by atoms with Gasteiger partial charge in [0, 0.05) is 18.8 Å². The summed E-state index contributed by atoms with van der Waals surface area (Å²) in [7, 11) is 0. The zero-order chi connectivity index (χ0) is 14.8.